The average molecular weight is 394 g/mol. The van der Waals surface area contributed by atoms with Crippen LogP contribution in [0.3, 0.4) is 0 Å². The summed E-state index contributed by atoms with van der Waals surface area (Å²) < 4.78 is 13.8. The molecule has 0 radical (unpaired) electrons. The van der Waals surface area contributed by atoms with Crippen LogP contribution in [0.5, 0.6) is 0 Å². The van der Waals surface area contributed by atoms with Crippen molar-refractivity contribution in [3.8, 4) is 0 Å². The highest BCUT2D eigenvalue weighted by Gasteiger charge is 2.29. The number of hydrogen-bond acceptors (Lipinski definition) is 4. The molecule has 0 spiro atoms. The Morgan fingerprint density at radius 1 is 1.60 bits per heavy atom. The van der Waals surface area contributed by atoms with Crippen LogP contribution in [0.15, 0.2) is 12.1 Å². The zero-order chi connectivity index (χ0) is 14.9. The van der Waals surface area contributed by atoms with E-state index in [1.165, 1.54) is 6.07 Å². The largest absolute Gasteiger partial charge is 0.481 e. The Morgan fingerprint density at radius 3 is 2.90 bits per heavy atom. The number of carboxylic acid groups (broad SMARTS) is 1. The first-order valence-corrected chi connectivity index (χ1v) is 7.06. The monoisotopic (exact) mass is 394 g/mol. The van der Waals surface area contributed by atoms with Crippen LogP contribution in [0.4, 0.5) is 15.8 Å². The highest BCUT2D eigenvalue weighted by atomic mass is 127. The van der Waals surface area contributed by atoms with Crippen molar-refractivity contribution in [2.45, 2.75) is 12.8 Å². The molecule has 1 aromatic rings. The van der Waals surface area contributed by atoms with Crippen molar-refractivity contribution >= 4 is 39.9 Å². The highest BCUT2D eigenvalue weighted by Crippen LogP contribution is 2.35. The van der Waals surface area contributed by atoms with Crippen LogP contribution in [0.25, 0.3) is 0 Å². The second-order valence-electron chi connectivity index (χ2n) is 4.71. The fourth-order valence-corrected chi connectivity index (χ4v) is 2.84. The minimum absolute atomic E-state index is 0.0249. The first-order chi connectivity index (χ1) is 9.38. The SMILES string of the molecule is O=C(O)CC1CCN(c2cc(F)c(I)cc2[N+](=O)[O-])C1. The Hall–Kier alpha value is -1.45. The molecule has 1 aliphatic rings. The fourth-order valence-electron chi connectivity index (χ4n) is 2.39. The van der Waals surface area contributed by atoms with Gasteiger partial charge in [-0.05, 0) is 34.9 Å². The number of aliphatic carboxylic acids is 1. The van der Waals surface area contributed by atoms with E-state index in [0.717, 1.165) is 6.07 Å². The number of hydrogen-bond donors (Lipinski definition) is 1. The Bertz CT molecular complexity index is 567. The molecule has 8 heteroatoms. The summed E-state index contributed by atoms with van der Waals surface area (Å²) >= 11 is 1.71. The molecule has 0 bridgehead atoms. The third-order valence-corrected chi connectivity index (χ3v) is 4.13. The van der Waals surface area contributed by atoms with Crippen molar-refractivity contribution in [1.29, 1.82) is 0 Å². The lowest BCUT2D eigenvalue weighted by Crippen LogP contribution is -2.21. The normalized spacial score (nSPS) is 18.3. The maximum atomic E-state index is 13.6. The van der Waals surface area contributed by atoms with Gasteiger partial charge < -0.3 is 10.0 Å². The molecule has 6 nitrogen and oxygen atoms in total. The van der Waals surface area contributed by atoms with Gasteiger partial charge in [0.15, 0.2) is 0 Å². The predicted octanol–water partition coefficient (Wildman–Crippen LogP) is 2.64. The molecule has 1 aliphatic heterocycles. The summed E-state index contributed by atoms with van der Waals surface area (Å²) in [6.07, 6.45) is 0.661. The van der Waals surface area contributed by atoms with Gasteiger partial charge in [0.2, 0.25) is 0 Å². The van der Waals surface area contributed by atoms with E-state index < -0.39 is 16.7 Å². The molecule has 1 saturated heterocycles. The number of halogens is 2. The predicted molar refractivity (Wildman–Crippen MR) is 78.3 cm³/mol. The van der Waals surface area contributed by atoms with Gasteiger partial charge in [0.05, 0.1) is 8.49 Å². The molecule has 20 heavy (non-hydrogen) atoms. The standard InChI is InChI=1S/C12H12FIN2O4/c13-8-4-10(11(16(19)20)5-9(8)14)15-2-1-7(6-15)3-12(17)18/h4-5,7H,1-3,6H2,(H,17,18). The summed E-state index contributed by atoms with van der Waals surface area (Å²) in [5, 5.41) is 19.8. The molecule has 0 amide bonds. The number of benzene rings is 1. The number of carboxylic acids is 1. The second-order valence-corrected chi connectivity index (χ2v) is 5.87. The number of nitro groups is 1. The van der Waals surface area contributed by atoms with Gasteiger partial charge in [0.25, 0.3) is 5.69 Å². The van der Waals surface area contributed by atoms with Crippen LogP contribution in [0.1, 0.15) is 12.8 Å². The molecule has 0 aliphatic carbocycles. The van der Waals surface area contributed by atoms with Crippen LogP contribution in [0.2, 0.25) is 0 Å². The average Bonchev–Trinajstić information content (AvgIpc) is 2.79. The Balaban J connectivity index is 2.27. The van der Waals surface area contributed by atoms with Gasteiger partial charge in [-0.15, -0.1) is 0 Å². The van der Waals surface area contributed by atoms with Crippen LogP contribution in [-0.4, -0.2) is 29.1 Å². The molecular weight excluding hydrogens is 382 g/mol. The lowest BCUT2D eigenvalue weighted by atomic mass is 10.1. The van der Waals surface area contributed by atoms with Crippen LogP contribution in [0, 0.1) is 25.4 Å². The number of carbonyl (C=O) groups is 1. The summed E-state index contributed by atoms with van der Waals surface area (Å²) in [4.78, 5) is 22.9. The summed E-state index contributed by atoms with van der Waals surface area (Å²) in [6, 6.07) is 2.36. The molecule has 1 fully saturated rings. The maximum absolute atomic E-state index is 13.6. The van der Waals surface area contributed by atoms with Gasteiger partial charge in [0, 0.05) is 31.6 Å². The quantitative estimate of drug-likeness (QED) is 0.482. The molecule has 1 atom stereocenters. The molecule has 108 valence electrons. The maximum Gasteiger partial charge on any atom is 0.303 e. The number of anilines is 1. The Labute approximate surface area is 127 Å². The van der Waals surface area contributed by atoms with Gasteiger partial charge >= 0.3 is 5.97 Å². The molecule has 1 N–H and O–H groups in total. The first-order valence-electron chi connectivity index (χ1n) is 5.98. The molecule has 2 rings (SSSR count). The van der Waals surface area contributed by atoms with E-state index in [-0.39, 0.29) is 27.3 Å². The Kier molecular flexibility index (Phi) is 4.41. The van der Waals surface area contributed by atoms with E-state index in [1.807, 2.05) is 0 Å². The number of nitrogens with zero attached hydrogens (tertiary/aromatic N) is 2. The van der Waals surface area contributed by atoms with Gasteiger partial charge in [0.1, 0.15) is 11.5 Å². The highest BCUT2D eigenvalue weighted by molar-refractivity contribution is 14.1. The van der Waals surface area contributed by atoms with Crippen LogP contribution >= 0.6 is 22.6 Å². The zero-order valence-corrected chi connectivity index (χ0v) is 12.5. The van der Waals surface area contributed by atoms with Crippen molar-refractivity contribution in [3.05, 3.63) is 31.6 Å². The summed E-state index contributed by atoms with van der Waals surface area (Å²) in [7, 11) is 0. The molecule has 1 unspecified atom stereocenters. The van der Waals surface area contributed by atoms with Crippen molar-refractivity contribution in [1.82, 2.24) is 0 Å². The smallest absolute Gasteiger partial charge is 0.303 e. The summed E-state index contributed by atoms with van der Waals surface area (Å²) in [5.41, 5.74) is 0.0765. The summed E-state index contributed by atoms with van der Waals surface area (Å²) in [5.74, 6) is -1.46. The van der Waals surface area contributed by atoms with E-state index in [2.05, 4.69) is 0 Å². The molecule has 1 heterocycles. The van der Waals surface area contributed by atoms with Crippen molar-refractivity contribution < 1.29 is 19.2 Å². The van der Waals surface area contributed by atoms with Gasteiger partial charge in [-0.1, -0.05) is 0 Å². The molecule has 1 aromatic carbocycles. The van der Waals surface area contributed by atoms with E-state index >= 15 is 0 Å². The summed E-state index contributed by atoms with van der Waals surface area (Å²) in [6.45, 7) is 0.895. The van der Waals surface area contributed by atoms with Crippen molar-refractivity contribution in [3.63, 3.8) is 0 Å². The lowest BCUT2D eigenvalue weighted by molar-refractivity contribution is -0.384. The minimum Gasteiger partial charge on any atom is -0.481 e. The first kappa shape index (κ1) is 14.9. The third-order valence-electron chi connectivity index (χ3n) is 3.30. The molecule has 0 saturated carbocycles. The molecular formula is C12H12FIN2O4. The minimum atomic E-state index is -0.889. The number of rotatable bonds is 4. The number of nitro benzene ring substituents is 1. The fraction of sp³-hybridized carbons (Fsp3) is 0.417. The van der Waals surface area contributed by atoms with E-state index in [9.17, 15) is 19.3 Å². The van der Waals surface area contributed by atoms with Crippen LogP contribution < -0.4 is 4.90 Å². The van der Waals surface area contributed by atoms with E-state index in [4.69, 9.17) is 5.11 Å². The Morgan fingerprint density at radius 2 is 2.30 bits per heavy atom. The lowest BCUT2D eigenvalue weighted by Gasteiger charge is -2.18. The van der Waals surface area contributed by atoms with Crippen molar-refractivity contribution in [2.24, 2.45) is 5.92 Å². The van der Waals surface area contributed by atoms with Crippen LogP contribution in [-0.2, 0) is 4.79 Å². The second kappa shape index (κ2) is 5.90. The van der Waals surface area contributed by atoms with Gasteiger partial charge in [-0.3, -0.25) is 14.9 Å². The van der Waals surface area contributed by atoms with E-state index in [0.29, 0.717) is 19.5 Å². The van der Waals surface area contributed by atoms with Gasteiger partial charge in [-0.2, -0.15) is 0 Å². The molecule has 0 aromatic heterocycles. The van der Waals surface area contributed by atoms with Gasteiger partial charge in [-0.25, -0.2) is 4.39 Å². The topological polar surface area (TPSA) is 83.7 Å². The van der Waals surface area contributed by atoms with Crippen molar-refractivity contribution in [2.75, 3.05) is 18.0 Å². The van der Waals surface area contributed by atoms with E-state index in [1.54, 1.807) is 27.5 Å². The zero-order valence-electron chi connectivity index (χ0n) is 10.4. The third kappa shape index (κ3) is 3.17.